The van der Waals surface area contributed by atoms with Crippen LogP contribution in [0.5, 0.6) is 0 Å². The molecule has 2 rings (SSSR count). The van der Waals surface area contributed by atoms with Gasteiger partial charge in [-0.25, -0.2) is 0 Å². The summed E-state index contributed by atoms with van der Waals surface area (Å²) in [5, 5.41) is 0. The van der Waals surface area contributed by atoms with Crippen LogP contribution in [0.3, 0.4) is 0 Å². The first-order valence-corrected chi connectivity index (χ1v) is 6.10. The Morgan fingerprint density at radius 1 is 1.27 bits per heavy atom. The zero-order valence-corrected chi connectivity index (χ0v) is 10.2. The summed E-state index contributed by atoms with van der Waals surface area (Å²) in [5.74, 6) is 0.968. The molecule has 0 aromatic rings. The van der Waals surface area contributed by atoms with Crippen molar-refractivity contribution < 1.29 is 4.79 Å². The van der Waals surface area contributed by atoms with Gasteiger partial charge in [0, 0.05) is 6.42 Å². The Bertz CT molecular complexity index is 313. The first-order chi connectivity index (χ1) is 6.88. The lowest BCUT2D eigenvalue weighted by atomic mass is 9.50. The Labute approximate surface area is 92.9 Å². The van der Waals surface area contributed by atoms with Crippen LogP contribution in [-0.4, -0.2) is 5.78 Å². The highest BCUT2D eigenvalue weighted by Crippen LogP contribution is 2.58. The normalized spacial score (nSPS) is 40.1. The largest absolute Gasteiger partial charge is 0.295 e. The number of carbonyl (C=O) groups excluding carboxylic acids is 1. The molecule has 0 heterocycles. The Kier molecular flexibility index (Phi) is 2.33. The van der Waals surface area contributed by atoms with Crippen LogP contribution < -0.4 is 0 Å². The zero-order valence-electron chi connectivity index (χ0n) is 10.2. The molecule has 0 aromatic carbocycles. The lowest BCUT2D eigenvalue weighted by Gasteiger charge is -2.54. The van der Waals surface area contributed by atoms with Gasteiger partial charge in [0.2, 0.25) is 0 Å². The number of allylic oxidation sites excluding steroid dienone is 1. The van der Waals surface area contributed by atoms with E-state index in [2.05, 4.69) is 27.4 Å². The standard InChI is InChI=1S/C14H22O/c1-10-11(15)6-7-12-13(2,3)8-5-9-14(10,12)4/h12H,1,5-9H2,2-4H3/t12-,14-/m0/s1. The summed E-state index contributed by atoms with van der Waals surface area (Å²) in [6.07, 6.45) is 5.50. The number of hydrogen-bond acceptors (Lipinski definition) is 1. The van der Waals surface area contributed by atoms with Crippen LogP contribution in [0.4, 0.5) is 0 Å². The van der Waals surface area contributed by atoms with Crippen molar-refractivity contribution in [3.05, 3.63) is 12.2 Å². The smallest absolute Gasteiger partial charge is 0.158 e. The van der Waals surface area contributed by atoms with E-state index in [9.17, 15) is 4.79 Å². The maximum atomic E-state index is 11.8. The van der Waals surface area contributed by atoms with Gasteiger partial charge in [0.05, 0.1) is 0 Å². The third kappa shape index (κ3) is 1.47. The molecule has 0 radical (unpaired) electrons. The van der Waals surface area contributed by atoms with Gasteiger partial charge in [-0.05, 0) is 41.6 Å². The molecular weight excluding hydrogens is 184 g/mol. The quantitative estimate of drug-likeness (QED) is 0.552. The molecule has 0 aliphatic heterocycles. The molecule has 0 bridgehead atoms. The lowest BCUT2D eigenvalue weighted by molar-refractivity contribution is -0.122. The molecule has 84 valence electrons. The SMILES string of the molecule is C=C1C(=O)CC[C@H]2C(C)(C)CCC[C@@]12C. The summed E-state index contributed by atoms with van der Waals surface area (Å²) >= 11 is 0. The van der Waals surface area contributed by atoms with E-state index in [1.807, 2.05) is 0 Å². The molecule has 1 heteroatoms. The zero-order chi connectivity index (χ0) is 11.3. The van der Waals surface area contributed by atoms with Gasteiger partial charge in [-0.1, -0.05) is 33.8 Å². The van der Waals surface area contributed by atoms with E-state index in [4.69, 9.17) is 0 Å². The molecule has 0 unspecified atom stereocenters. The van der Waals surface area contributed by atoms with Crippen molar-refractivity contribution in [3.63, 3.8) is 0 Å². The second-order valence-electron chi connectivity index (χ2n) is 6.25. The van der Waals surface area contributed by atoms with E-state index in [0.717, 1.165) is 24.8 Å². The van der Waals surface area contributed by atoms with Gasteiger partial charge in [-0.3, -0.25) is 4.79 Å². The molecule has 0 saturated heterocycles. The van der Waals surface area contributed by atoms with Crippen LogP contribution in [0.25, 0.3) is 0 Å². The van der Waals surface area contributed by atoms with Crippen LogP contribution in [0.2, 0.25) is 0 Å². The topological polar surface area (TPSA) is 17.1 Å². The molecule has 2 saturated carbocycles. The highest BCUT2D eigenvalue weighted by atomic mass is 16.1. The second kappa shape index (κ2) is 3.20. The van der Waals surface area contributed by atoms with Gasteiger partial charge in [0.1, 0.15) is 0 Å². The summed E-state index contributed by atoms with van der Waals surface area (Å²) < 4.78 is 0. The summed E-state index contributed by atoms with van der Waals surface area (Å²) in [4.78, 5) is 11.8. The third-order valence-corrected chi connectivity index (χ3v) is 4.92. The van der Waals surface area contributed by atoms with Gasteiger partial charge in [-0.15, -0.1) is 0 Å². The number of hydrogen-bond donors (Lipinski definition) is 0. The molecule has 2 aliphatic rings. The van der Waals surface area contributed by atoms with E-state index in [-0.39, 0.29) is 5.41 Å². The summed E-state index contributed by atoms with van der Waals surface area (Å²) in [5.41, 5.74) is 1.39. The second-order valence-corrected chi connectivity index (χ2v) is 6.25. The first-order valence-electron chi connectivity index (χ1n) is 6.10. The highest BCUT2D eigenvalue weighted by Gasteiger charge is 2.51. The number of Topliss-reactive ketones (excluding diaryl/α,β-unsaturated/α-hetero) is 1. The minimum absolute atomic E-state index is 0.0943. The van der Waals surface area contributed by atoms with Crippen molar-refractivity contribution in [1.29, 1.82) is 0 Å². The molecule has 15 heavy (non-hydrogen) atoms. The number of fused-ring (bicyclic) bond motifs is 1. The number of carbonyl (C=O) groups is 1. The molecular formula is C14H22O. The minimum Gasteiger partial charge on any atom is -0.295 e. The van der Waals surface area contributed by atoms with Crippen molar-refractivity contribution in [2.75, 3.05) is 0 Å². The predicted octanol–water partition coefficient (Wildman–Crippen LogP) is 3.74. The number of ketones is 1. The average Bonchev–Trinajstić information content (AvgIpc) is 2.12. The summed E-state index contributed by atoms with van der Waals surface area (Å²) in [7, 11) is 0. The van der Waals surface area contributed by atoms with Crippen molar-refractivity contribution in [1.82, 2.24) is 0 Å². The third-order valence-electron chi connectivity index (χ3n) is 4.92. The van der Waals surface area contributed by atoms with Gasteiger partial charge in [0.25, 0.3) is 0 Å². The van der Waals surface area contributed by atoms with E-state index in [1.165, 1.54) is 12.8 Å². The van der Waals surface area contributed by atoms with Gasteiger partial charge >= 0.3 is 0 Å². The Balaban J connectivity index is 2.38. The molecule has 0 aromatic heterocycles. The Morgan fingerprint density at radius 2 is 1.93 bits per heavy atom. The van der Waals surface area contributed by atoms with Crippen LogP contribution in [0, 0.1) is 16.7 Å². The van der Waals surface area contributed by atoms with E-state index >= 15 is 0 Å². The predicted molar refractivity (Wildman–Crippen MR) is 62.6 cm³/mol. The van der Waals surface area contributed by atoms with Crippen molar-refractivity contribution >= 4 is 5.78 Å². The van der Waals surface area contributed by atoms with E-state index in [1.54, 1.807) is 0 Å². The monoisotopic (exact) mass is 206 g/mol. The molecule has 0 amide bonds. The Hall–Kier alpha value is -0.590. The number of rotatable bonds is 0. The van der Waals surface area contributed by atoms with Crippen molar-refractivity contribution in [2.45, 2.75) is 52.9 Å². The van der Waals surface area contributed by atoms with Gasteiger partial charge in [0.15, 0.2) is 5.78 Å². The Morgan fingerprint density at radius 3 is 2.60 bits per heavy atom. The van der Waals surface area contributed by atoms with Crippen LogP contribution in [0.15, 0.2) is 12.2 Å². The molecule has 2 fully saturated rings. The first kappa shape index (κ1) is 10.9. The van der Waals surface area contributed by atoms with Crippen LogP contribution in [0.1, 0.15) is 52.9 Å². The van der Waals surface area contributed by atoms with Crippen molar-refractivity contribution in [2.24, 2.45) is 16.7 Å². The summed E-state index contributed by atoms with van der Waals surface area (Å²) in [6, 6.07) is 0. The maximum absolute atomic E-state index is 11.8. The molecule has 0 N–H and O–H groups in total. The fourth-order valence-electron chi connectivity index (χ4n) is 3.94. The van der Waals surface area contributed by atoms with Crippen LogP contribution >= 0.6 is 0 Å². The van der Waals surface area contributed by atoms with Gasteiger partial charge in [-0.2, -0.15) is 0 Å². The molecule has 2 aliphatic carbocycles. The minimum atomic E-state index is 0.0943. The maximum Gasteiger partial charge on any atom is 0.158 e. The van der Waals surface area contributed by atoms with Gasteiger partial charge < -0.3 is 0 Å². The van der Waals surface area contributed by atoms with E-state index < -0.39 is 0 Å². The van der Waals surface area contributed by atoms with Crippen LogP contribution in [-0.2, 0) is 4.79 Å². The molecule has 1 nitrogen and oxygen atoms in total. The fraction of sp³-hybridized carbons (Fsp3) is 0.786. The van der Waals surface area contributed by atoms with Crippen molar-refractivity contribution in [3.8, 4) is 0 Å². The lowest BCUT2D eigenvalue weighted by Crippen LogP contribution is -2.47. The van der Waals surface area contributed by atoms with E-state index in [0.29, 0.717) is 17.1 Å². The molecule has 2 atom stereocenters. The fourth-order valence-corrected chi connectivity index (χ4v) is 3.94. The molecule has 0 spiro atoms. The summed E-state index contributed by atoms with van der Waals surface area (Å²) in [6.45, 7) is 11.0. The highest BCUT2D eigenvalue weighted by molar-refractivity contribution is 5.97. The average molecular weight is 206 g/mol.